The van der Waals surface area contributed by atoms with Crippen molar-refractivity contribution in [3.8, 4) is 5.75 Å². The van der Waals surface area contributed by atoms with Crippen molar-refractivity contribution in [2.75, 3.05) is 0 Å². The number of aryl methyl sites for hydroxylation is 2. The summed E-state index contributed by atoms with van der Waals surface area (Å²) in [5.74, 6) is 0.106. The lowest BCUT2D eigenvalue weighted by Gasteiger charge is -2.11. The van der Waals surface area contributed by atoms with E-state index in [-0.39, 0.29) is 11.8 Å². The van der Waals surface area contributed by atoms with Gasteiger partial charge in [-0.05, 0) is 37.1 Å². The van der Waals surface area contributed by atoms with Crippen LogP contribution in [0.4, 0.5) is 0 Å². The molecule has 0 amide bonds. The SMILES string of the molecule is CC(=O)Oc1cc(C)c(C(=O)c2ccccc2)cc1C. The Morgan fingerprint density at radius 3 is 2.20 bits per heavy atom. The molecule has 0 aromatic heterocycles. The summed E-state index contributed by atoms with van der Waals surface area (Å²) in [4.78, 5) is 23.5. The molecule has 0 saturated carbocycles. The highest BCUT2D eigenvalue weighted by molar-refractivity contribution is 6.10. The Balaban J connectivity index is 2.41. The molecule has 0 bridgehead atoms. The molecule has 0 heterocycles. The van der Waals surface area contributed by atoms with Crippen molar-refractivity contribution < 1.29 is 14.3 Å². The van der Waals surface area contributed by atoms with E-state index < -0.39 is 0 Å². The molecule has 0 radical (unpaired) electrons. The van der Waals surface area contributed by atoms with Crippen LogP contribution in [-0.4, -0.2) is 11.8 Å². The van der Waals surface area contributed by atoms with E-state index >= 15 is 0 Å². The van der Waals surface area contributed by atoms with Crippen LogP contribution in [0.25, 0.3) is 0 Å². The number of rotatable bonds is 3. The first kappa shape index (κ1) is 14.0. The van der Waals surface area contributed by atoms with E-state index in [0.717, 1.165) is 11.1 Å². The van der Waals surface area contributed by atoms with Gasteiger partial charge in [0, 0.05) is 18.1 Å². The van der Waals surface area contributed by atoms with E-state index in [9.17, 15) is 9.59 Å². The average Bonchev–Trinajstić information content (AvgIpc) is 2.42. The number of benzene rings is 2. The molecule has 0 aliphatic carbocycles. The van der Waals surface area contributed by atoms with Crippen LogP contribution in [-0.2, 0) is 4.79 Å². The van der Waals surface area contributed by atoms with Crippen molar-refractivity contribution in [2.45, 2.75) is 20.8 Å². The second kappa shape index (κ2) is 5.70. The summed E-state index contributed by atoms with van der Waals surface area (Å²) in [6.45, 7) is 5.01. The molecular formula is C17H16O3. The van der Waals surface area contributed by atoms with Crippen molar-refractivity contribution in [3.05, 3.63) is 64.7 Å². The van der Waals surface area contributed by atoms with Crippen molar-refractivity contribution in [1.82, 2.24) is 0 Å². The summed E-state index contributed by atoms with van der Waals surface area (Å²) in [5.41, 5.74) is 2.84. The summed E-state index contributed by atoms with van der Waals surface area (Å²) in [6.07, 6.45) is 0. The molecule has 3 heteroatoms. The molecule has 0 spiro atoms. The Kier molecular flexibility index (Phi) is 3.99. The number of carbonyl (C=O) groups excluding carboxylic acids is 2. The zero-order valence-corrected chi connectivity index (χ0v) is 11.8. The minimum atomic E-state index is -0.366. The zero-order chi connectivity index (χ0) is 14.7. The monoisotopic (exact) mass is 268 g/mol. The maximum atomic E-state index is 12.4. The summed E-state index contributed by atoms with van der Waals surface area (Å²) < 4.78 is 5.12. The third-order valence-electron chi connectivity index (χ3n) is 3.06. The number of ether oxygens (including phenoxy) is 1. The molecule has 2 aromatic rings. The van der Waals surface area contributed by atoms with Gasteiger partial charge in [0.25, 0.3) is 0 Å². The lowest BCUT2D eigenvalue weighted by Crippen LogP contribution is -2.07. The third-order valence-corrected chi connectivity index (χ3v) is 3.06. The van der Waals surface area contributed by atoms with Crippen molar-refractivity contribution in [1.29, 1.82) is 0 Å². The van der Waals surface area contributed by atoms with Crippen LogP contribution in [0, 0.1) is 13.8 Å². The number of esters is 1. The lowest BCUT2D eigenvalue weighted by atomic mass is 9.97. The Hall–Kier alpha value is -2.42. The van der Waals surface area contributed by atoms with Crippen LogP contribution in [0.1, 0.15) is 34.0 Å². The van der Waals surface area contributed by atoms with E-state index in [4.69, 9.17) is 4.74 Å². The maximum absolute atomic E-state index is 12.4. The van der Waals surface area contributed by atoms with Gasteiger partial charge in [0.15, 0.2) is 5.78 Å². The summed E-state index contributed by atoms with van der Waals surface area (Å²) in [5, 5.41) is 0. The minimum Gasteiger partial charge on any atom is -0.426 e. The predicted octanol–water partition coefficient (Wildman–Crippen LogP) is 3.46. The van der Waals surface area contributed by atoms with Gasteiger partial charge >= 0.3 is 5.97 Å². The average molecular weight is 268 g/mol. The van der Waals surface area contributed by atoms with Crippen LogP contribution in [0.3, 0.4) is 0 Å². The zero-order valence-electron chi connectivity index (χ0n) is 11.8. The Labute approximate surface area is 118 Å². The topological polar surface area (TPSA) is 43.4 Å². The molecule has 0 atom stereocenters. The number of ketones is 1. The van der Waals surface area contributed by atoms with E-state index in [1.54, 1.807) is 24.3 Å². The predicted molar refractivity (Wildman–Crippen MR) is 77.1 cm³/mol. The van der Waals surface area contributed by atoms with Crippen LogP contribution >= 0.6 is 0 Å². The van der Waals surface area contributed by atoms with Crippen molar-refractivity contribution >= 4 is 11.8 Å². The number of hydrogen-bond acceptors (Lipinski definition) is 3. The molecule has 0 unspecified atom stereocenters. The molecule has 20 heavy (non-hydrogen) atoms. The van der Waals surface area contributed by atoms with E-state index in [1.165, 1.54) is 6.92 Å². The normalized spacial score (nSPS) is 10.2. The van der Waals surface area contributed by atoms with Gasteiger partial charge in [-0.3, -0.25) is 9.59 Å². The molecule has 2 rings (SSSR count). The second-order valence-electron chi connectivity index (χ2n) is 4.72. The maximum Gasteiger partial charge on any atom is 0.308 e. The smallest absolute Gasteiger partial charge is 0.308 e. The fourth-order valence-corrected chi connectivity index (χ4v) is 2.04. The number of hydrogen-bond donors (Lipinski definition) is 0. The molecule has 0 aliphatic heterocycles. The molecule has 0 N–H and O–H groups in total. The highest BCUT2D eigenvalue weighted by atomic mass is 16.5. The fraction of sp³-hybridized carbons (Fsp3) is 0.176. The first-order valence-electron chi connectivity index (χ1n) is 6.38. The quantitative estimate of drug-likeness (QED) is 0.486. The van der Waals surface area contributed by atoms with Crippen LogP contribution in [0.15, 0.2) is 42.5 Å². The van der Waals surface area contributed by atoms with E-state index in [2.05, 4.69) is 0 Å². The molecule has 2 aromatic carbocycles. The highest BCUT2D eigenvalue weighted by Gasteiger charge is 2.14. The van der Waals surface area contributed by atoms with E-state index in [1.807, 2.05) is 32.0 Å². The second-order valence-corrected chi connectivity index (χ2v) is 4.72. The summed E-state index contributed by atoms with van der Waals surface area (Å²) in [7, 11) is 0. The van der Waals surface area contributed by atoms with Crippen LogP contribution in [0.5, 0.6) is 5.75 Å². The van der Waals surface area contributed by atoms with Gasteiger partial charge in [0.1, 0.15) is 5.75 Å². The van der Waals surface area contributed by atoms with Gasteiger partial charge in [0.2, 0.25) is 0 Å². The summed E-state index contributed by atoms with van der Waals surface area (Å²) >= 11 is 0. The van der Waals surface area contributed by atoms with Crippen LogP contribution in [0.2, 0.25) is 0 Å². The molecule has 3 nitrogen and oxygen atoms in total. The van der Waals surface area contributed by atoms with Gasteiger partial charge in [-0.2, -0.15) is 0 Å². The first-order chi connectivity index (χ1) is 9.49. The van der Waals surface area contributed by atoms with E-state index in [0.29, 0.717) is 16.9 Å². The lowest BCUT2D eigenvalue weighted by molar-refractivity contribution is -0.131. The highest BCUT2D eigenvalue weighted by Crippen LogP contribution is 2.24. The fourth-order valence-electron chi connectivity index (χ4n) is 2.04. The molecule has 0 saturated heterocycles. The van der Waals surface area contributed by atoms with Gasteiger partial charge in [-0.1, -0.05) is 30.3 Å². The van der Waals surface area contributed by atoms with Gasteiger partial charge in [-0.25, -0.2) is 0 Å². The van der Waals surface area contributed by atoms with Crippen molar-refractivity contribution in [3.63, 3.8) is 0 Å². The van der Waals surface area contributed by atoms with Crippen LogP contribution < -0.4 is 4.74 Å². The van der Waals surface area contributed by atoms with Gasteiger partial charge in [-0.15, -0.1) is 0 Å². The third kappa shape index (κ3) is 2.94. The van der Waals surface area contributed by atoms with Gasteiger partial charge < -0.3 is 4.74 Å². The first-order valence-corrected chi connectivity index (χ1v) is 6.38. The minimum absolute atomic E-state index is 0.0272. The Morgan fingerprint density at radius 2 is 1.60 bits per heavy atom. The van der Waals surface area contributed by atoms with Gasteiger partial charge in [0.05, 0.1) is 0 Å². The summed E-state index contributed by atoms with van der Waals surface area (Å²) in [6, 6.07) is 12.6. The Bertz CT molecular complexity index is 657. The largest absolute Gasteiger partial charge is 0.426 e. The number of carbonyl (C=O) groups is 2. The standard InChI is InChI=1S/C17H16O3/c1-11-10-16(20-13(3)18)12(2)9-15(11)17(19)14-7-5-4-6-8-14/h4-10H,1-3H3. The Morgan fingerprint density at radius 1 is 0.950 bits per heavy atom. The van der Waals surface area contributed by atoms with Crippen molar-refractivity contribution in [2.24, 2.45) is 0 Å². The molecule has 0 fully saturated rings. The molecule has 0 aliphatic rings. The molecular weight excluding hydrogens is 252 g/mol. The molecule has 102 valence electrons.